The Bertz CT molecular complexity index is 1660. The van der Waals surface area contributed by atoms with Crippen molar-refractivity contribution in [1.29, 1.82) is 5.26 Å². The maximum atomic E-state index is 13.3. The van der Waals surface area contributed by atoms with Crippen molar-refractivity contribution in [2.75, 3.05) is 24.6 Å². The Kier molecular flexibility index (Phi) is 8.79. The zero-order chi connectivity index (χ0) is 31.1. The van der Waals surface area contributed by atoms with E-state index < -0.39 is 27.5 Å². The zero-order valence-electron chi connectivity index (χ0n) is 24.8. The number of ether oxygens (including phenoxy) is 1. The largest absolute Gasteiger partial charge is 0.591 e. The Labute approximate surface area is 265 Å². The van der Waals surface area contributed by atoms with Crippen LogP contribution in [0.15, 0.2) is 40.8 Å². The maximum Gasteiger partial charge on any atom is 0.360 e. The van der Waals surface area contributed by atoms with Crippen molar-refractivity contribution in [2.45, 2.75) is 58.6 Å². The smallest absolute Gasteiger partial charge is 0.360 e. The number of halogens is 2. The highest BCUT2D eigenvalue weighted by Crippen LogP contribution is 2.47. The summed E-state index contributed by atoms with van der Waals surface area (Å²) in [7, 11) is 0. The lowest BCUT2D eigenvalue weighted by Gasteiger charge is -2.40. The van der Waals surface area contributed by atoms with Gasteiger partial charge in [-0.3, -0.25) is 0 Å². The first kappa shape index (κ1) is 31.3. The van der Waals surface area contributed by atoms with Crippen molar-refractivity contribution in [1.82, 2.24) is 9.97 Å². The van der Waals surface area contributed by atoms with Gasteiger partial charge in [-0.1, -0.05) is 51.9 Å². The van der Waals surface area contributed by atoms with E-state index >= 15 is 0 Å². The molecule has 1 fully saturated rings. The Morgan fingerprint density at radius 2 is 1.88 bits per heavy atom. The van der Waals surface area contributed by atoms with E-state index in [-0.39, 0.29) is 12.3 Å². The van der Waals surface area contributed by atoms with Crippen LogP contribution >= 0.6 is 23.2 Å². The molecule has 1 saturated heterocycles. The van der Waals surface area contributed by atoms with Gasteiger partial charge in [-0.25, -0.2) is 14.8 Å². The Hall–Kier alpha value is -3.16. The van der Waals surface area contributed by atoms with Crippen LogP contribution in [0, 0.1) is 23.7 Å². The number of nitriles is 1. The summed E-state index contributed by atoms with van der Waals surface area (Å²) in [5.74, 6) is -0.128. The van der Waals surface area contributed by atoms with Crippen molar-refractivity contribution in [3.63, 3.8) is 0 Å². The molecule has 1 spiro atoms. The third-order valence-corrected chi connectivity index (χ3v) is 10.2. The molecule has 1 aliphatic heterocycles. The number of benzene rings is 2. The van der Waals surface area contributed by atoms with Gasteiger partial charge in [-0.15, -0.1) is 0 Å². The molecule has 224 valence electrons. The van der Waals surface area contributed by atoms with E-state index in [0.29, 0.717) is 70.7 Å². The van der Waals surface area contributed by atoms with Crippen LogP contribution < -0.4 is 4.90 Å². The second-order valence-corrected chi connectivity index (χ2v) is 14.5. The fraction of sp³-hybridized carbons (Fsp3) is 0.406. The fourth-order valence-electron chi connectivity index (χ4n) is 5.76. The number of carbonyl (C=O) groups is 1. The number of anilines is 1. The summed E-state index contributed by atoms with van der Waals surface area (Å²) in [6.45, 7) is 10.5. The van der Waals surface area contributed by atoms with Crippen molar-refractivity contribution in [2.24, 2.45) is 9.81 Å². The standard InChI is InChI=1S/C32H33Cl2N5O3S/c1-6-42-30(40)27-29(36-19(2)26(37-27)22-11-8-12-23(33)25(22)34)39-15-13-32(14-16-39)17-20-9-7-10-21(18-35)24(20)28(32)38-43(41)31(3,4)5/h7-12H,6,13-17H2,1-5H3/t43-/m1/s1. The van der Waals surface area contributed by atoms with E-state index in [9.17, 15) is 14.6 Å². The van der Waals surface area contributed by atoms with Crippen LogP contribution in [0.5, 0.6) is 0 Å². The number of esters is 1. The normalized spacial score (nSPS) is 17.6. The molecule has 5 rings (SSSR count). The van der Waals surface area contributed by atoms with Crippen LogP contribution in [-0.4, -0.2) is 50.6 Å². The van der Waals surface area contributed by atoms with Gasteiger partial charge in [0.1, 0.15) is 21.8 Å². The lowest BCUT2D eigenvalue weighted by molar-refractivity contribution is 0.0519. The van der Waals surface area contributed by atoms with E-state index in [2.05, 4.69) is 6.07 Å². The first-order chi connectivity index (χ1) is 20.4. The van der Waals surface area contributed by atoms with Gasteiger partial charge in [-0.05, 0) is 71.6 Å². The molecule has 2 heterocycles. The molecule has 2 aliphatic rings. The lowest BCUT2D eigenvalue weighted by atomic mass is 9.74. The summed E-state index contributed by atoms with van der Waals surface area (Å²) in [6.07, 6.45) is 2.03. The maximum absolute atomic E-state index is 13.3. The van der Waals surface area contributed by atoms with Crippen molar-refractivity contribution in [3.05, 3.63) is 74.5 Å². The first-order valence-electron chi connectivity index (χ1n) is 14.2. The molecular formula is C32H33Cl2N5O3S. The van der Waals surface area contributed by atoms with E-state index in [1.807, 2.05) is 44.7 Å². The van der Waals surface area contributed by atoms with Crippen LogP contribution in [-0.2, 0) is 22.5 Å². The van der Waals surface area contributed by atoms with Gasteiger partial charge in [0, 0.05) is 29.6 Å². The number of carbonyl (C=O) groups excluding carboxylic acids is 1. The minimum atomic E-state index is -1.50. The summed E-state index contributed by atoms with van der Waals surface area (Å²) >= 11 is 11.3. The summed E-state index contributed by atoms with van der Waals surface area (Å²) in [5.41, 5.74) is 4.49. The predicted octanol–water partition coefficient (Wildman–Crippen LogP) is 6.90. The Morgan fingerprint density at radius 1 is 1.19 bits per heavy atom. The number of hydrogen-bond acceptors (Lipinski definition) is 8. The molecule has 2 aromatic carbocycles. The highest BCUT2D eigenvalue weighted by molar-refractivity contribution is 7.91. The molecule has 0 amide bonds. The second kappa shape index (κ2) is 12.1. The number of aromatic nitrogens is 2. The molecule has 11 heteroatoms. The number of rotatable bonds is 5. The van der Waals surface area contributed by atoms with Gasteiger partial charge >= 0.3 is 5.97 Å². The third kappa shape index (κ3) is 5.86. The summed E-state index contributed by atoms with van der Waals surface area (Å²) in [5, 5.41) is 10.6. The Balaban J connectivity index is 1.53. The van der Waals surface area contributed by atoms with Crippen molar-refractivity contribution >= 4 is 52.1 Å². The molecule has 0 unspecified atom stereocenters. The van der Waals surface area contributed by atoms with E-state index in [1.54, 1.807) is 31.2 Å². The summed E-state index contributed by atoms with van der Waals surface area (Å²) in [4.78, 5) is 24.9. The average Bonchev–Trinajstić information content (AvgIpc) is 3.26. The summed E-state index contributed by atoms with van der Waals surface area (Å²) in [6, 6.07) is 13.3. The SMILES string of the molecule is CCOC(=O)c1nc(-c2cccc(Cl)c2Cl)c(C)nc1N1CCC2(CC1)Cc1cccc(C#N)c1C2=N[S@+]([O-])C(C)(C)C. The van der Waals surface area contributed by atoms with Crippen LogP contribution in [0.1, 0.15) is 73.4 Å². The highest BCUT2D eigenvalue weighted by atomic mass is 35.5. The van der Waals surface area contributed by atoms with Crippen LogP contribution in [0.25, 0.3) is 11.3 Å². The molecule has 1 aromatic heterocycles. The molecule has 8 nitrogen and oxygen atoms in total. The molecule has 0 N–H and O–H groups in total. The Morgan fingerprint density at radius 3 is 2.53 bits per heavy atom. The second-order valence-electron chi connectivity index (χ2n) is 11.8. The quantitative estimate of drug-likeness (QED) is 0.221. The molecular weight excluding hydrogens is 605 g/mol. The third-order valence-electron chi connectivity index (χ3n) is 7.98. The van der Waals surface area contributed by atoms with Gasteiger partial charge < -0.3 is 14.2 Å². The van der Waals surface area contributed by atoms with Gasteiger partial charge in [-0.2, -0.15) is 5.26 Å². The molecule has 0 saturated carbocycles. The monoisotopic (exact) mass is 637 g/mol. The molecule has 3 aromatic rings. The van der Waals surface area contributed by atoms with E-state index in [0.717, 1.165) is 16.8 Å². The summed E-state index contributed by atoms with van der Waals surface area (Å²) < 4.78 is 22.9. The molecule has 0 radical (unpaired) electrons. The molecule has 43 heavy (non-hydrogen) atoms. The average molecular weight is 639 g/mol. The number of hydrogen-bond donors (Lipinski definition) is 0. The van der Waals surface area contributed by atoms with E-state index in [4.69, 9.17) is 42.3 Å². The lowest BCUT2D eigenvalue weighted by Crippen LogP contribution is -2.45. The molecule has 1 atom stereocenters. The molecule has 1 aliphatic carbocycles. The van der Waals surface area contributed by atoms with Gasteiger partial charge in [0.15, 0.2) is 11.5 Å². The van der Waals surface area contributed by atoms with Crippen LogP contribution in [0.3, 0.4) is 0 Å². The van der Waals surface area contributed by atoms with Crippen LogP contribution in [0.2, 0.25) is 10.0 Å². The van der Waals surface area contributed by atoms with Crippen molar-refractivity contribution < 1.29 is 14.1 Å². The molecule has 0 bridgehead atoms. The van der Waals surface area contributed by atoms with Gasteiger partial charge in [0.2, 0.25) is 0 Å². The topological polar surface area (TPSA) is 115 Å². The number of fused-ring (bicyclic) bond motifs is 1. The van der Waals surface area contributed by atoms with Crippen molar-refractivity contribution in [3.8, 4) is 17.3 Å². The van der Waals surface area contributed by atoms with E-state index in [1.165, 1.54) is 0 Å². The van der Waals surface area contributed by atoms with Crippen LogP contribution in [0.4, 0.5) is 5.82 Å². The fourth-order valence-corrected chi connectivity index (χ4v) is 6.88. The minimum absolute atomic E-state index is 0.110. The number of nitrogens with zero attached hydrogens (tertiary/aromatic N) is 5. The number of piperidine rings is 1. The number of aryl methyl sites for hydroxylation is 1. The van der Waals surface area contributed by atoms with Gasteiger partial charge in [0.25, 0.3) is 0 Å². The van der Waals surface area contributed by atoms with Gasteiger partial charge in [0.05, 0.1) is 39.7 Å². The minimum Gasteiger partial charge on any atom is -0.591 e. The predicted molar refractivity (Wildman–Crippen MR) is 171 cm³/mol. The zero-order valence-corrected chi connectivity index (χ0v) is 27.2. The highest BCUT2D eigenvalue weighted by Gasteiger charge is 2.49. The first-order valence-corrected chi connectivity index (χ1v) is 16.0.